The third kappa shape index (κ3) is 3.21. The van der Waals surface area contributed by atoms with Crippen molar-refractivity contribution >= 4 is 0 Å². The van der Waals surface area contributed by atoms with Crippen LogP contribution in [0.1, 0.15) is 28.3 Å². The second-order valence-electron chi connectivity index (χ2n) is 5.00. The van der Waals surface area contributed by atoms with E-state index in [1.54, 1.807) is 0 Å². The lowest BCUT2D eigenvalue weighted by molar-refractivity contribution is 0.521. The van der Waals surface area contributed by atoms with Crippen molar-refractivity contribution in [3.05, 3.63) is 70.3 Å². The van der Waals surface area contributed by atoms with E-state index in [9.17, 15) is 8.78 Å². The van der Waals surface area contributed by atoms with E-state index in [4.69, 9.17) is 5.84 Å². The number of hydrogen-bond acceptors (Lipinski definition) is 2. The second kappa shape index (κ2) is 6.11. The van der Waals surface area contributed by atoms with E-state index in [0.29, 0.717) is 12.0 Å². The summed E-state index contributed by atoms with van der Waals surface area (Å²) in [5.74, 6) is 4.45. The summed E-state index contributed by atoms with van der Waals surface area (Å²) in [7, 11) is 0. The Labute approximate surface area is 117 Å². The highest BCUT2D eigenvalue weighted by molar-refractivity contribution is 5.33. The van der Waals surface area contributed by atoms with Crippen LogP contribution in [0.15, 0.2) is 36.4 Å². The molecule has 1 atom stereocenters. The van der Waals surface area contributed by atoms with Crippen molar-refractivity contribution in [3.63, 3.8) is 0 Å². The number of nitrogens with two attached hydrogens (primary N) is 1. The first kappa shape index (κ1) is 14.6. The van der Waals surface area contributed by atoms with Crippen LogP contribution in [0.25, 0.3) is 0 Å². The summed E-state index contributed by atoms with van der Waals surface area (Å²) in [6.45, 7) is 4.05. The van der Waals surface area contributed by atoms with Gasteiger partial charge in [-0.1, -0.05) is 24.3 Å². The maximum Gasteiger partial charge on any atom is 0.129 e. The maximum atomic E-state index is 13.7. The van der Waals surface area contributed by atoms with Gasteiger partial charge in [0.25, 0.3) is 0 Å². The molecule has 0 bridgehead atoms. The van der Waals surface area contributed by atoms with Crippen molar-refractivity contribution < 1.29 is 8.78 Å². The molecule has 0 fully saturated rings. The summed E-state index contributed by atoms with van der Waals surface area (Å²) in [4.78, 5) is 0. The average Bonchev–Trinajstić information content (AvgIpc) is 2.41. The van der Waals surface area contributed by atoms with Crippen LogP contribution < -0.4 is 11.3 Å². The molecule has 2 aromatic carbocycles. The summed E-state index contributed by atoms with van der Waals surface area (Å²) < 4.78 is 26.6. The van der Waals surface area contributed by atoms with Crippen molar-refractivity contribution in [2.24, 2.45) is 5.84 Å². The van der Waals surface area contributed by atoms with Crippen LogP contribution in [-0.4, -0.2) is 0 Å². The molecule has 1 unspecified atom stereocenters. The Bertz CT molecular complexity index is 611. The Kier molecular flexibility index (Phi) is 4.47. The molecule has 0 aliphatic rings. The fraction of sp³-hybridized carbons (Fsp3) is 0.250. The minimum atomic E-state index is -0.574. The largest absolute Gasteiger partial charge is 0.271 e. The topological polar surface area (TPSA) is 38.0 Å². The molecule has 2 rings (SSSR count). The summed E-state index contributed by atoms with van der Waals surface area (Å²) >= 11 is 0. The molecule has 0 saturated carbocycles. The van der Waals surface area contributed by atoms with Crippen molar-refractivity contribution in [2.75, 3.05) is 0 Å². The summed E-state index contributed by atoms with van der Waals surface area (Å²) in [5.41, 5.74) is 6.47. The van der Waals surface area contributed by atoms with E-state index < -0.39 is 11.6 Å². The highest BCUT2D eigenvalue weighted by Crippen LogP contribution is 2.22. The summed E-state index contributed by atoms with van der Waals surface area (Å²) in [6.07, 6.45) is 0.366. The predicted molar refractivity (Wildman–Crippen MR) is 76.0 cm³/mol. The Morgan fingerprint density at radius 2 is 1.80 bits per heavy atom. The first-order chi connectivity index (χ1) is 9.51. The monoisotopic (exact) mass is 276 g/mol. The van der Waals surface area contributed by atoms with Gasteiger partial charge in [-0.25, -0.2) is 8.78 Å². The van der Waals surface area contributed by atoms with E-state index >= 15 is 0 Å². The van der Waals surface area contributed by atoms with Gasteiger partial charge in [-0.2, -0.15) is 0 Å². The molecule has 0 aliphatic carbocycles. The molecule has 0 saturated heterocycles. The molecular formula is C16H18F2N2. The molecule has 0 aliphatic heterocycles. The van der Waals surface area contributed by atoms with E-state index in [-0.39, 0.29) is 6.04 Å². The fourth-order valence-electron chi connectivity index (χ4n) is 2.16. The summed E-state index contributed by atoms with van der Waals surface area (Å²) in [6, 6.07) is 9.39. The fourth-order valence-corrected chi connectivity index (χ4v) is 2.16. The average molecular weight is 276 g/mol. The van der Waals surface area contributed by atoms with Gasteiger partial charge in [0.2, 0.25) is 0 Å². The molecule has 2 aromatic rings. The van der Waals surface area contributed by atoms with Gasteiger partial charge in [0.1, 0.15) is 11.6 Å². The number of benzene rings is 2. The highest BCUT2D eigenvalue weighted by atomic mass is 19.1. The molecule has 106 valence electrons. The zero-order valence-electron chi connectivity index (χ0n) is 11.6. The molecule has 0 amide bonds. The number of hydrazine groups is 1. The second-order valence-corrected chi connectivity index (χ2v) is 5.00. The maximum absolute atomic E-state index is 13.7. The Morgan fingerprint density at radius 3 is 2.40 bits per heavy atom. The smallest absolute Gasteiger partial charge is 0.129 e. The molecule has 0 radical (unpaired) electrons. The Morgan fingerprint density at radius 1 is 1.05 bits per heavy atom. The van der Waals surface area contributed by atoms with Gasteiger partial charge in [-0.3, -0.25) is 11.3 Å². The van der Waals surface area contributed by atoms with E-state index in [1.807, 2.05) is 32.0 Å². The van der Waals surface area contributed by atoms with E-state index in [2.05, 4.69) is 5.43 Å². The highest BCUT2D eigenvalue weighted by Gasteiger charge is 2.14. The first-order valence-corrected chi connectivity index (χ1v) is 6.48. The molecular weight excluding hydrogens is 258 g/mol. The summed E-state index contributed by atoms with van der Waals surface area (Å²) in [5, 5.41) is 0. The third-order valence-electron chi connectivity index (χ3n) is 3.57. The SMILES string of the molecule is Cc1ccc(C(Cc2ccc(F)cc2F)NN)cc1C. The minimum absolute atomic E-state index is 0.214. The van der Waals surface area contributed by atoms with Gasteiger partial charge in [0, 0.05) is 6.07 Å². The molecule has 0 spiro atoms. The molecule has 0 heterocycles. The zero-order chi connectivity index (χ0) is 14.7. The lowest BCUT2D eigenvalue weighted by Gasteiger charge is -2.18. The molecule has 2 nitrogen and oxygen atoms in total. The van der Waals surface area contributed by atoms with Gasteiger partial charge >= 0.3 is 0 Å². The van der Waals surface area contributed by atoms with Crippen molar-refractivity contribution in [1.29, 1.82) is 0 Å². The van der Waals surface area contributed by atoms with Crippen LogP contribution in [0.4, 0.5) is 8.78 Å². The first-order valence-electron chi connectivity index (χ1n) is 6.48. The minimum Gasteiger partial charge on any atom is -0.271 e. The lowest BCUT2D eigenvalue weighted by Crippen LogP contribution is -2.30. The molecule has 20 heavy (non-hydrogen) atoms. The van der Waals surface area contributed by atoms with Gasteiger partial charge in [0.15, 0.2) is 0 Å². The molecule has 3 N–H and O–H groups in total. The van der Waals surface area contributed by atoms with Crippen LogP contribution in [-0.2, 0) is 6.42 Å². The van der Waals surface area contributed by atoms with Crippen molar-refractivity contribution in [2.45, 2.75) is 26.3 Å². The quantitative estimate of drug-likeness (QED) is 0.664. The van der Waals surface area contributed by atoms with Gasteiger partial charge in [-0.05, 0) is 48.6 Å². The van der Waals surface area contributed by atoms with Gasteiger partial charge in [0.05, 0.1) is 6.04 Å². The normalized spacial score (nSPS) is 12.4. The predicted octanol–water partition coefficient (Wildman–Crippen LogP) is 3.33. The van der Waals surface area contributed by atoms with Gasteiger partial charge < -0.3 is 0 Å². The Hall–Kier alpha value is -1.78. The van der Waals surface area contributed by atoms with Crippen molar-refractivity contribution in [3.8, 4) is 0 Å². The molecule has 4 heteroatoms. The number of rotatable bonds is 4. The standard InChI is InChI=1S/C16H18F2N2/c1-10-3-4-13(7-11(10)2)16(20-19)8-12-5-6-14(17)9-15(12)18/h3-7,9,16,20H,8,19H2,1-2H3. The third-order valence-corrected chi connectivity index (χ3v) is 3.57. The number of aryl methyl sites for hydroxylation is 2. The Balaban J connectivity index is 2.26. The van der Waals surface area contributed by atoms with Crippen molar-refractivity contribution in [1.82, 2.24) is 5.43 Å². The number of nitrogens with one attached hydrogen (secondary N) is 1. The number of hydrogen-bond donors (Lipinski definition) is 2. The van der Waals surface area contributed by atoms with E-state index in [1.165, 1.54) is 17.7 Å². The van der Waals surface area contributed by atoms with Crippen LogP contribution in [0.2, 0.25) is 0 Å². The lowest BCUT2D eigenvalue weighted by atomic mass is 9.96. The van der Waals surface area contributed by atoms with Crippen LogP contribution in [0, 0.1) is 25.5 Å². The van der Waals surface area contributed by atoms with Crippen LogP contribution in [0.5, 0.6) is 0 Å². The van der Waals surface area contributed by atoms with Crippen LogP contribution in [0.3, 0.4) is 0 Å². The van der Waals surface area contributed by atoms with Crippen LogP contribution >= 0.6 is 0 Å². The number of halogens is 2. The van der Waals surface area contributed by atoms with Gasteiger partial charge in [-0.15, -0.1) is 0 Å². The van der Waals surface area contributed by atoms with E-state index in [0.717, 1.165) is 17.2 Å². The molecule has 0 aromatic heterocycles. The zero-order valence-corrected chi connectivity index (χ0v) is 11.6.